The molecule has 5 nitrogen and oxygen atoms in total. The summed E-state index contributed by atoms with van der Waals surface area (Å²) in [5.74, 6) is -1.10. The van der Waals surface area contributed by atoms with Gasteiger partial charge in [-0.3, -0.25) is 4.79 Å². The van der Waals surface area contributed by atoms with Crippen LogP contribution in [0.3, 0.4) is 0 Å². The molecule has 0 heterocycles. The number of amides is 1. The highest BCUT2D eigenvalue weighted by atomic mass is 35.5. The Hall–Kier alpha value is -2.24. The summed E-state index contributed by atoms with van der Waals surface area (Å²) in [7, 11) is 0. The Bertz CT molecular complexity index is 737. The molecule has 7 heteroatoms. The summed E-state index contributed by atoms with van der Waals surface area (Å²) >= 11 is 12.2. The third-order valence-corrected chi connectivity index (χ3v) is 3.66. The smallest absolute Gasteiger partial charge is 0.335 e. The summed E-state index contributed by atoms with van der Waals surface area (Å²) in [4.78, 5) is 23.1. The Balaban J connectivity index is 2.16. The number of ether oxygens (including phenoxy) is 1. The molecule has 2 aromatic carbocycles. The Morgan fingerprint density at radius 3 is 2.17 bits per heavy atom. The molecule has 0 aliphatic carbocycles. The van der Waals surface area contributed by atoms with Gasteiger partial charge in [-0.05, 0) is 42.8 Å². The Morgan fingerprint density at radius 2 is 1.67 bits per heavy atom. The van der Waals surface area contributed by atoms with Gasteiger partial charge in [0.05, 0.1) is 22.2 Å². The number of rotatable bonds is 6. The topological polar surface area (TPSA) is 75.6 Å². The first-order chi connectivity index (χ1) is 11.4. The van der Waals surface area contributed by atoms with Crippen LogP contribution < -0.4 is 10.1 Å². The molecule has 0 bridgehead atoms. The van der Waals surface area contributed by atoms with E-state index in [1.54, 1.807) is 0 Å². The molecule has 0 atom stereocenters. The number of hydrogen-bond acceptors (Lipinski definition) is 3. The van der Waals surface area contributed by atoms with Crippen molar-refractivity contribution < 1.29 is 19.4 Å². The zero-order valence-corrected chi connectivity index (χ0v) is 14.3. The van der Waals surface area contributed by atoms with Crippen molar-refractivity contribution in [3.63, 3.8) is 0 Å². The molecule has 0 fully saturated rings. The maximum Gasteiger partial charge on any atom is 0.335 e. The van der Waals surface area contributed by atoms with Crippen molar-refractivity contribution in [2.24, 2.45) is 0 Å². The summed E-state index contributed by atoms with van der Waals surface area (Å²) in [6, 6.07) is 8.75. The second-order valence-corrected chi connectivity index (χ2v) is 5.77. The highest BCUT2D eigenvalue weighted by Gasteiger charge is 2.14. The highest BCUT2D eigenvalue weighted by Crippen LogP contribution is 2.34. The number of carbonyl (C=O) groups is 2. The van der Waals surface area contributed by atoms with Crippen molar-refractivity contribution in [2.75, 3.05) is 11.9 Å². The highest BCUT2D eigenvalue weighted by molar-refractivity contribution is 6.37. The van der Waals surface area contributed by atoms with Gasteiger partial charge in [-0.1, -0.05) is 30.1 Å². The summed E-state index contributed by atoms with van der Waals surface area (Å²) in [6.07, 6.45) is 0.807. The summed E-state index contributed by atoms with van der Waals surface area (Å²) in [5.41, 5.74) is 0.872. The quantitative estimate of drug-likeness (QED) is 0.773. The first kappa shape index (κ1) is 18.1. The lowest BCUT2D eigenvalue weighted by molar-refractivity contribution is 0.0696. The van der Waals surface area contributed by atoms with Crippen molar-refractivity contribution in [3.05, 3.63) is 57.6 Å². The van der Waals surface area contributed by atoms with E-state index in [1.165, 1.54) is 36.4 Å². The van der Waals surface area contributed by atoms with Gasteiger partial charge in [-0.2, -0.15) is 0 Å². The predicted molar refractivity (Wildman–Crippen MR) is 93.6 cm³/mol. The van der Waals surface area contributed by atoms with Crippen molar-refractivity contribution in [1.82, 2.24) is 0 Å². The monoisotopic (exact) mass is 367 g/mol. The van der Waals surface area contributed by atoms with Crippen LogP contribution in [0, 0.1) is 0 Å². The minimum Gasteiger partial charge on any atom is -0.490 e. The molecule has 1 amide bonds. The largest absolute Gasteiger partial charge is 0.490 e. The lowest BCUT2D eigenvalue weighted by Gasteiger charge is -2.11. The molecule has 0 saturated heterocycles. The number of nitrogens with one attached hydrogen (secondary N) is 1. The molecule has 0 aliphatic rings. The van der Waals surface area contributed by atoms with Crippen LogP contribution >= 0.6 is 23.2 Å². The molecule has 0 radical (unpaired) electrons. The third kappa shape index (κ3) is 4.40. The van der Waals surface area contributed by atoms with Gasteiger partial charge in [-0.25, -0.2) is 4.79 Å². The van der Waals surface area contributed by atoms with Gasteiger partial charge in [0.25, 0.3) is 5.91 Å². The Kier molecular flexibility index (Phi) is 6.06. The first-order valence-electron chi connectivity index (χ1n) is 7.19. The van der Waals surface area contributed by atoms with Crippen molar-refractivity contribution in [2.45, 2.75) is 13.3 Å². The molecule has 0 unspecified atom stereocenters. The van der Waals surface area contributed by atoms with E-state index >= 15 is 0 Å². The average Bonchev–Trinajstić information content (AvgIpc) is 2.54. The molecule has 24 heavy (non-hydrogen) atoms. The lowest BCUT2D eigenvalue weighted by atomic mass is 10.1. The van der Waals surface area contributed by atoms with Gasteiger partial charge in [0.2, 0.25) is 0 Å². The Morgan fingerprint density at radius 1 is 1.08 bits per heavy atom. The molecular formula is C17H15Cl2NO4. The number of carboxylic acid groups (broad SMARTS) is 1. The summed E-state index contributed by atoms with van der Waals surface area (Å²) in [5, 5.41) is 12.0. The maximum absolute atomic E-state index is 12.3. The SMILES string of the molecule is CCCOc1c(Cl)cc(C(=O)Nc2ccc(C(=O)O)cc2)cc1Cl. The number of aromatic carboxylic acids is 1. The van der Waals surface area contributed by atoms with E-state index in [-0.39, 0.29) is 21.2 Å². The molecular weight excluding hydrogens is 353 g/mol. The number of carbonyl (C=O) groups excluding carboxylic acids is 1. The minimum atomic E-state index is -1.03. The van der Waals surface area contributed by atoms with Gasteiger partial charge in [0.15, 0.2) is 5.75 Å². The molecule has 2 N–H and O–H groups in total. The van der Waals surface area contributed by atoms with Crippen LogP contribution in [-0.4, -0.2) is 23.6 Å². The zero-order chi connectivity index (χ0) is 17.7. The average molecular weight is 368 g/mol. The number of anilines is 1. The normalized spacial score (nSPS) is 10.3. The second-order valence-electron chi connectivity index (χ2n) is 4.95. The van der Waals surface area contributed by atoms with Gasteiger partial charge in [0, 0.05) is 11.3 Å². The molecule has 0 aromatic heterocycles. The lowest BCUT2D eigenvalue weighted by Crippen LogP contribution is -2.12. The minimum absolute atomic E-state index is 0.136. The predicted octanol–water partition coefficient (Wildman–Crippen LogP) is 4.73. The van der Waals surface area contributed by atoms with Crippen molar-refractivity contribution >= 4 is 40.8 Å². The Labute approximate surface area is 149 Å². The van der Waals surface area contributed by atoms with Crippen LogP contribution in [0.1, 0.15) is 34.1 Å². The van der Waals surface area contributed by atoms with Crippen LogP contribution in [0.15, 0.2) is 36.4 Å². The van der Waals surface area contributed by atoms with E-state index in [4.69, 9.17) is 33.0 Å². The van der Waals surface area contributed by atoms with E-state index in [9.17, 15) is 9.59 Å². The number of benzene rings is 2. The van der Waals surface area contributed by atoms with E-state index in [2.05, 4.69) is 5.32 Å². The van der Waals surface area contributed by atoms with Gasteiger partial charge < -0.3 is 15.2 Å². The van der Waals surface area contributed by atoms with Gasteiger partial charge in [-0.15, -0.1) is 0 Å². The van der Waals surface area contributed by atoms with Gasteiger partial charge >= 0.3 is 5.97 Å². The van der Waals surface area contributed by atoms with Crippen molar-refractivity contribution in [1.29, 1.82) is 0 Å². The van der Waals surface area contributed by atoms with Crippen LogP contribution in [0.2, 0.25) is 10.0 Å². The number of hydrogen-bond donors (Lipinski definition) is 2. The van der Waals surface area contributed by atoms with E-state index in [1.807, 2.05) is 6.92 Å². The summed E-state index contributed by atoms with van der Waals surface area (Å²) in [6.45, 7) is 2.43. The third-order valence-electron chi connectivity index (χ3n) is 3.10. The number of carboxylic acids is 1. The second kappa shape index (κ2) is 8.04. The van der Waals surface area contributed by atoms with Crippen LogP contribution in [0.4, 0.5) is 5.69 Å². The van der Waals surface area contributed by atoms with Crippen LogP contribution in [0.5, 0.6) is 5.75 Å². The molecule has 2 rings (SSSR count). The van der Waals surface area contributed by atoms with Crippen LogP contribution in [-0.2, 0) is 0 Å². The molecule has 0 spiro atoms. The van der Waals surface area contributed by atoms with E-state index in [0.717, 1.165) is 6.42 Å². The molecule has 126 valence electrons. The fourth-order valence-corrected chi connectivity index (χ4v) is 2.53. The zero-order valence-electron chi connectivity index (χ0n) is 12.8. The van der Waals surface area contributed by atoms with E-state index in [0.29, 0.717) is 18.0 Å². The first-order valence-corrected chi connectivity index (χ1v) is 7.94. The number of halogens is 2. The molecule has 2 aromatic rings. The fraction of sp³-hybridized carbons (Fsp3) is 0.176. The summed E-state index contributed by atoms with van der Waals surface area (Å²) < 4.78 is 5.45. The van der Waals surface area contributed by atoms with Gasteiger partial charge in [0.1, 0.15) is 0 Å². The van der Waals surface area contributed by atoms with E-state index < -0.39 is 11.9 Å². The molecule has 0 aliphatic heterocycles. The molecule has 0 saturated carbocycles. The van der Waals surface area contributed by atoms with Crippen LogP contribution in [0.25, 0.3) is 0 Å². The standard InChI is InChI=1S/C17H15Cl2NO4/c1-2-7-24-15-13(18)8-11(9-14(15)19)16(21)20-12-5-3-10(4-6-12)17(22)23/h3-6,8-9H,2,7H2,1H3,(H,20,21)(H,22,23). The fourth-order valence-electron chi connectivity index (χ4n) is 1.93. The van der Waals surface area contributed by atoms with Crippen molar-refractivity contribution in [3.8, 4) is 5.75 Å². The maximum atomic E-state index is 12.3.